The van der Waals surface area contributed by atoms with Gasteiger partial charge in [-0.2, -0.15) is 5.10 Å². The molecule has 0 spiro atoms. The number of aromatic amines is 1. The van der Waals surface area contributed by atoms with E-state index in [0.717, 1.165) is 48.9 Å². The molecule has 4 rings (SSSR count). The predicted octanol–water partition coefficient (Wildman–Crippen LogP) is 2.06. The largest absolute Gasteiger partial charge is 0.353 e. The van der Waals surface area contributed by atoms with Crippen molar-refractivity contribution in [3.05, 3.63) is 12.5 Å². The van der Waals surface area contributed by atoms with Gasteiger partial charge >= 0.3 is 0 Å². The fraction of sp³-hybridized carbons (Fsp3) is 0.688. The van der Waals surface area contributed by atoms with E-state index in [9.17, 15) is 0 Å². The molecule has 1 aliphatic heterocycles. The van der Waals surface area contributed by atoms with E-state index < -0.39 is 0 Å². The summed E-state index contributed by atoms with van der Waals surface area (Å²) in [6.07, 6.45) is 10.6. The maximum absolute atomic E-state index is 4.48. The number of anilines is 1. The molecule has 1 saturated carbocycles. The second-order valence-corrected chi connectivity index (χ2v) is 6.62. The zero-order valence-corrected chi connectivity index (χ0v) is 13.0. The van der Waals surface area contributed by atoms with E-state index in [4.69, 9.17) is 0 Å². The van der Waals surface area contributed by atoms with Crippen LogP contribution in [-0.2, 0) is 0 Å². The fourth-order valence-corrected chi connectivity index (χ4v) is 3.88. The number of hydrogen-bond donors (Lipinski definition) is 1. The molecule has 1 N–H and O–H groups in total. The van der Waals surface area contributed by atoms with Gasteiger partial charge in [0.25, 0.3) is 0 Å². The molecule has 0 atom stereocenters. The second-order valence-electron chi connectivity index (χ2n) is 6.62. The van der Waals surface area contributed by atoms with E-state index in [0.29, 0.717) is 0 Å². The molecule has 0 amide bonds. The Bertz CT molecular complexity index is 610. The third-order valence-corrected chi connectivity index (χ3v) is 5.14. The minimum Gasteiger partial charge on any atom is -0.353 e. The molecule has 2 fully saturated rings. The summed E-state index contributed by atoms with van der Waals surface area (Å²) >= 11 is 0. The molecular formula is C16H24N6. The lowest BCUT2D eigenvalue weighted by Gasteiger charge is -2.37. The number of fused-ring (bicyclic) bond motifs is 1. The van der Waals surface area contributed by atoms with Crippen LogP contribution >= 0.6 is 0 Å². The van der Waals surface area contributed by atoms with Gasteiger partial charge in [-0.1, -0.05) is 19.3 Å². The smallest absolute Gasteiger partial charge is 0.160 e. The summed E-state index contributed by atoms with van der Waals surface area (Å²) in [5.41, 5.74) is 0.828. The first-order valence-electron chi connectivity index (χ1n) is 8.51. The molecule has 22 heavy (non-hydrogen) atoms. The highest BCUT2D eigenvalue weighted by molar-refractivity contribution is 5.86. The molecule has 0 bridgehead atoms. The zero-order valence-electron chi connectivity index (χ0n) is 13.0. The van der Waals surface area contributed by atoms with Crippen LogP contribution in [0.5, 0.6) is 0 Å². The molecule has 1 aliphatic carbocycles. The third-order valence-electron chi connectivity index (χ3n) is 5.14. The molecule has 6 nitrogen and oxygen atoms in total. The van der Waals surface area contributed by atoms with Crippen LogP contribution in [0.25, 0.3) is 11.0 Å². The molecule has 0 unspecified atom stereocenters. The van der Waals surface area contributed by atoms with Crippen LogP contribution in [0.1, 0.15) is 32.1 Å². The van der Waals surface area contributed by atoms with Gasteiger partial charge in [0.2, 0.25) is 0 Å². The van der Waals surface area contributed by atoms with E-state index in [1.54, 1.807) is 6.33 Å². The Labute approximate surface area is 130 Å². The summed E-state index contributed by atoms with van der Waals surface area (Å²) < 4.78 is 0. The Balaban J connectivity index is 1.38. The summed E-state index contributed by atoms with van der Waals surface area (Å²) in [5, 5.41) is 8.04. The molecule has 3 heterocycles. The van der Waals surface area contributed by atoms with Crippen molar-refractivity contribution in [2.45, 2.75) is 32.1 Å². The van der Waals surface area contributed by atoms with Crippen molar-refractivity contribution in [3.8, 4) is 0 Å². The molecule has 6 heteroatoms. The van der Waals surface area contributed by atoms with Crippen molar-refractivity contribution in [2.75, 3.05) is 37.6 Å². The first kappa shape index (κ1) is 13.9. The molecular weight excluding hydrogens is 276 g/mol. The predicted molar refractivity (Wildman–Crippen MR) is 86.9 cm³/mol. The Kier molecular flexibility index (Phi) is 3.93. The van der Waals surface area contributed by atoms with E-state index >= 15 is 0 Å². The Morgan fingerprint density at radius 3 is 2.68 bits per heavy atom. The van der Waals surface area contributed by atoms with Gasteiger partial charge < -0.3 is 4.90 Å². The van der Waals surface area contributed by atoms with Crippen LogP contribution in [0.2, 0.25) is 0 Å². The van der Waals surface area contributed by atoms with E-state index in [-0.39, 0.29) is 0 Å². The number of H-pyrrole nitrogens is 1. The van der Waals surface area contributed by atoms with Crippen LogP contribution in [0.3, 0.4) is 0 Å². The van der Waals surface area contributed by atoms with Crippen molar-refractivity contribution in [3.63, 3.8) is 0 Å². The van der Waals surface area contributed by atoms with Gasteiger partial charge in [0.05, 0.1) is 11.6 Å². The van der Waals surface area contributed by atoms with Crippen LogP contribution in [0, 0.1) is 5.92 Å². The topological polar surface area (TPSA) is 60.9 Å². The van der Waals surface area contributed by atoms with Crippen molar-refractivity contribution >= 4 is 16.9 Å². The minimum absolute atomic E-state index is 0.828. The Morgan fingerprint density at radius 1 is 1.05 bits per heavy atom. The molecule has 1 saturated heterocycles. The highest BCUT2D eigenvalue weighted by Crippen LogP contribution is 2.26. The average Bonchev–Trinajstić information content (AvgIpc) is 3.05. The van der Waals surface area contributed by atoms with Gasteiger partial charge in [0.15, 0.2) is 5.65 Å². The first-order valence-corrected chi connectivity index (χ1v) is 8.51. The number of hydrogen-bond acceptors (Lipinski definition) is 5. The third kappa shape index (κ3) is 2.79. The van der Waals surface area contributed by atoms with E-state index in [1.165, 1.54) is 38.6 Å². The summed E-state index contributed by atoms with van der Waals surface area (Å²) in [7, 11) is 0. The van der Waals surface area contributed by atoms with Crippen LogP contribution < -0.4 is 4.90 Å². The maximum Gasteiger partial charge on any atom is 0.160 e. The first-order chi connectivity index (χ1) is 10.9. The van der Waals surface area contributed by atoms with Crippen molar-refractivity contribution in [1.82, 2.24) is 25.1 Å². The highest BCUT2D eigenvalue weighted by Gasteiger charge is 2.23. The van der Waals surface area contributed by atoms with Gasteiger partial charge in [-0.15, -0.1) is 0 Å². The van der Waals surface area contributed by atoms with Crippen molar-refractivity contribution in [1.29, 1.82) is 0 Å². The van der Waals surface area contributed by atoms with Gasteiger partial charge in [0, 0.05) is 32.7 Å². The summed E-state index contributed by atoms with van der Waals surface area (Å²) in [5.74, 6) is 1.95. The minimum atomic E-state index is 0.828. The maximum atomic E-state index is 4.48. The molecule has 2 aliphatic rings. The highest BCUT2D eigenvalue weighted by atomic mass is 15.3. The number of nitrogens with zero attached hydrogens (tertiary/aromatic N) is 5. The second kappa shape index (κ2) is 6.20. The monoisotopic (exact) mass is 300 g/mol. The SMILES string of the molecule is c1nc(N2CCN(CC3CCCCC3)CC2)c2cn[nH]c2n1. The van der Waals surface area contributed by atoms with Crippen LogP contribution in [0.15, 0.2) is 12.5 Å². The number of aromatic nitrogens is 4. The average molecular weight is 300 g/mol. The van der Waals surface area contributed by atoms with Crippen molar-refractivity contribution in [2.24, 2.45) is 5.92 Å². The Morgan fingerprint density at radius 2 is 1.86 bits per heavy atom. The summed E-state index contributed by atoms with van der Waals surface area (Å²) in [6, 6.07) is 0. The zero-order chi connectivity index (χ0) is 14.8. The molecule has 0 aromatic carbocycles. The van der Waals surface area contributed by atoms with Gasteiger partial charge in [-0.25, -0.2) is 9.97 Å². The summed E-state index contributed by atoms with van der Waals surface area (Å²) in [4.78, 5) is 13.7. The lowest BCUT2D eigenvalue weighted by atomic mass is 9.89. The van der Waals surface area contributed by atoms with Gasteiger partial charge in [-0.05, 0) is 18.8 Å². The Hall–Kier alpha value is -1.69. The quantitative estimate of drug-likeness (QED) is 0.940. The lowest BCUT2D eigenvalue weighted by molar-refractivity contribution is 0.192. The van der Waals surface area contributed by atoms with Crippen molar-refractivity contribution < 1.29 is 0 Å². The number of rotatable bonds is 3. The number of piperazine rings is 1. The molecule has 2 aromatic heterocycles. The van der Waals surface area contributed by atoms with Crippen LogP contribution in [0.4, 0.5) is 5.82 Å². The normalized spacial score (nSPS) is 21.5. The number of nitrogens with one attached hydrogen (secondary N) is 1. The summed E-state index contributed by atoms with van der Waals surface area (Å²) in [6.45, 7) is 5.66. The van der Waals surface area contributed by atoms with E-state index in [2.05, 4.69) is 30.0 Å². The lowest BCUT2D eigenvalue weighted by Crippen LogP contribution is -2.48. The van der Waals surface area contributed by atoms with Gasteiger partial charge in [0.1, 0.15) is 12.1 Å². The standard InChI is InChI=1S/C16H24N6/c1-2-4-13(5-3-1)11-21-6-8-22(9-7-21)16-14-10-19-20-15(14)17-12-18-16/h10,12-13H,1-9,11H2,(H,17,18,19,20). The molecule has 0 radical (unpaired) electrons. The van der Waals surface area contributed by atoms with E-state index in [1.807, 2.05) is 6.20 Å². The molecule has 118 valence electrons. The fourth-order valence-electron chi connectivity index (χ4n) is 3.88. The molecule has 2 aromatic rings. The van der Waals surface area contributed by atoms with Crippen LogP contribution in [-0.4, -0.2) is 57.8 Å². The van der Waals surface area contributed by atoms with Gasteiger partial charge in [-0.3, -0.25) is 10.00 Å².